The van der Waals surface area contributed by atoms with Crippen LogP contribution in [0.4, 0.5) is 0 Å². The molecule has 2 unspecified atom stereocenters. The van der Waals surface area contributed by atoms with Crippen molar-refractivity contribution in [1.29, 1.82) is 0 Å². The Labute approximate surface area is 84.4 Å². The Morgan fingerprint density at radius 1 is 1.00 bits per heavy atom. The number of hydrogen-bond acceptors (Lipinski definition) is 0. The first kappa shape index (κ1) is 12.7. The first-order valence-electron chi connectivity index (χ1n) is 5.88. The molecule has 0 amide bonds. The van der Waals surface area contributed by atoms with Crippen molar-refractivity contribution in [2.45, 2.75) is 60.3 Å². The first-order chi connectivity index (χ1) is 6.19. The predicted molar refractivity (Wildman–Crippen MR) is 61.9 cm³/mol. The Morgan fingerprint density at radius 3 is 1.85 bits per heavy atom. The Morgan fingerprint density at radius 2 is 1.54 bits per heavy atom. The second-order valence-electron chi connectivity index (χ2n) is 3.99. The Balaban J connectivity index is 4.31. The lowest BCUT2D eigenvalue weighted by atomic mass is 9.87. The van der Waals surface area contributed by atoms with E-state index in [0.717, 1.165) is 11.8 Å². The van der Waals surface area contributed by atoms with Gasteiger partial charge in [-0.05, 0) is 31.1 Å². The van der Waals surface area contributed by atoms with Gasteiger partial charge in [-0.25, -0.2) is 0 Å². The average molecular weight is 182 g/mol. The van der Waals surface area contributed by atoms with Gasteiger partial charge >= 0.3 is 0 Å². The average Bonchev–Trinajstić information content (AvgIpc) is 2.19. The molecule has 0 radical (unpaired) electrons. The third-order valence-corrected chi connectivity index (χ3v) is 3.20. The lowest BCUT2D eigenvalue weighted by molar-refractivity contribution is 0.403. The quantitative estimate of drug-likeness (QED) is 0.517. The van der Waals surface area contributed by atoms with E-state index in [9.17, 15) is 0 Å². The van der Waals surface area contributed by atoms with Gasteiger partial charge in [-0.3, -0.25) is 0 Å². The van der Waals surface area contributed by atoms with E-state index in [1.807, 2.05) is 0 Å². The van der Waals surface area contributed by atoms with Crippen LogP contribution in [0.3, 0.4) is 0 Å². The highest BCUT2D eigenvalue weighted by Gasteiger charge is 2.10. The minimum absolute atomic E-state index is 0.805. The maximum atomic E-state index is 2.52. The maximum absolute atomic E-state index is 2.52. The van der Waals surface area contributed by atoms with Crippen molar-refractivity contribution in [3.8, 4) is 0 Å². The van der Waals surface area contributed by atoms with Crippen LogP contribution in [0.1, 0.15) is 60.3 Å². The lowest BCUT2D eigenvalue weighted by Crippen LogP contribution is -2.07. The lowest BCUT2D eigenvalue weighted by Gasteiger charge is -2.19. The molecule has 0 heteroatoms. The standard InChI is InChI=1S/C13H26/c1-6-11(5)13(9-4)10-12(7-2)8-3/h10-11,13H,6-9H2,1-5H3. The highest BCUT2D eigenvalue weighted by atomic mass is 14.2. The molecule has 13 heavy (non-hydrogen) atoms. The molecule has 0 aromatic carbocycles. The number of rotatable bonds is 6. The van der Waals surface area contributed by atoms with Crippen molar-refractivity contribution in [2.24, 2.45) is 11.8 Å². The van der Waals surface area contributed by atoms with Gasteiger partial charge in [0.05, 0.1) is 0 Å². The van der Waals surface area contributed by atoms with E-state index in [0.29, 0.717) is 0 Å². The summed E-state index contributed by atoms with van der Waals surface area (Å²) >= 11 is 0. The summed E-state index contributed by atoms with van der Waals surface area (Å²) in [5.41, 5.74) is 1.63. The van der Waals surface area contributed by atoms with E-state index in [-0.39, 0.29) is 0 Å². The third kappa shape index (κ3) is 4.50. The predicted octanol–water partition coefficient (Wildman–Crippen LogP) is 4.81. The van der Waals surface area contributed by atoms with Crippen molar-refractivity contribution >= 4 is 0 Å². The van der Waals surface area contributed by atoms with Crippen LogP contribution in [0.5, 0.6) is 0 Å². The van der Waals surface area contributed by atoms with Crippen LogP contribution in [0.2, 0.25) is 0 Å². The molecule has 0 aromatic rings. The molecule has 78 valence electrons. The van der Waals surface area contributed by atoms with Crippen LogP contribution in [-0.4, -0.2) is 0 Å². The largest absolute Gasteiger partial charge is 0.0820 e. The molecule has 0 nitrogen and oxygen atoms in total. The monoisotopic (exact) mass is 182 g/mol. The van der Waals surface area contributed by atoms with Crippen molar-refractivity contribution in [1.82, 2.24) is 0 Å². The SMILES string of the molecule is CCC(=CC(CC)C(C)CC)CC. The molecule has 0 spiro atoms. The highest BCUT2D eigenvalue weighted by molar-refractivity contribution is 5.03. The molecular formula is C13H26. The minimum atomic E-state index is 0.805. The van der Waals surface area contributed by atoms with E-state index in [1.54, 1.807) is 5.57 Å². The molecule has 0 rings (SSSR count). The van der Waals surface area contributed by atoms with E-state index >= 15 is 0 Å². The number of hydrogen-bond donors (Lipinski definition) is 0. The van der Waals surface area contributed by atoms with Crippen LogP contribution in [0.25, 0.3) is 0 Å². The summed E-state index contributed by atoms with van der Waals surface area (Å²) in [5.74, 6) is 1.65. The summed E-state index contributed by atoms with van der Waals surface area (Å²) in [6, 6.07) is 0. The summed E-state index contributed by atoms with van der Waals surface area (Å²) < 4.78 is 0. The van der Waals surface area contributed by atoms with Gasteiger partial charge in [0, 0.05) is 0 Å². The molecular weight excluding hydrogens is 156 g/mol. The van der Waals surface area contributed by atoms with E-state index in [2.05, 4.69) is 40.7 Å². The topological polar surface area (TPSA) is 0 Å². The van der Waals surface area contributed by atoms with Gasteiger partial charge in [-0.1, -0.05) is 52.7 Å². The number of allylic oxidation sites excluding steroid dienone is 2. The van der Waals surface area contributed by atoms with Gasteiger partial charge < -0.3 is 0 Å². The molecule has 0 saturated heterocycles. The van der Waals surface area contributed by atoms with Crippen molar-refractivity contribution in [2.75, 3.05) is 0 Å². The van der Waals surface area contributed by atoms with Gasteiger partial charge in [0.2, 0.25) is 0 Å². The minimum Gasteiger partial charge on any atom is -0.0820 e. The first-order valence-corrected chi connectivity index (χ1v) is 5.88. The van der Waals surface area contributed by atoms with Crippen LogP contribution < -0.4 is 0 Å². The van der Waals surface area contributed by atoms with Crippen molar-refractivity contribution < 1.29 is 0 Å². The van der Waals surface area contributed by atoms with Crippen LogP contribution in [0, 0.1) is 11.8 Å². The smallest absolute Gasteiger partial charge is 0.0208 e. The second-order valence-corrected chi connectivity index (χ2v) is 3.99. The Bertz CT molecular complexity index is 138. The molecule has 0 heterocycles. The molecule has 0 saturated carbocycles. The Hall–Kier alpha value is -0.260. The third-order valence-electron chi connectivity index (χ3n) is 3.20. The molecule has 0 fully saturated rings. The van der Waals surface area contributed by atoms with Gasteiger partial charge in [0.15, 0.2) is 0 Å². The molecule has 0 N–H and O–H groups in total. The summed E-state index contributed by atoms with van der Waals surface area (Å²) in [6.45, 7) is 11.5. The van der Waals surface area contributed by atoms with Crippen LogP contribution in [-0.2, 0) is 0 Å². The second kappa shape index (κ2) is 7.17. The van der Waals surface area contributed by atoms with Crippen LogP contribution in [0.15, 0.2) is 11.6 Å². The zero-order valence-corrected chi connectivity index (χ0v) is 10.1. The van der Waals surface area contributed by atoms with Gasteiger partial charge in [-0.2, -0.15) is 0 Å². The van der Waals surface area contributed by atoms with Gasteiger partial charge in [0.1, 0.15) is 0 Å². The molecule has 0 bridgehead atoms. The van der Waals surface area contributed by atoms with E-state index in [1.165, 1.54) is 25.7 Å². The van der Waals surface area contributed by atoms with Crippen molar-refractivity contribution in [3.63, 3.8) is 0 Å². The zero-order valence-electron chi connectivity index (χ0n) is 10.1. The van der Waals surface area contributed by atoms with E-state index < -0.39 is 0 Å². The summed E-state index contributed by atoms with van der Waals surface area (Å²) in [7, 11) is 0. The van der Waals surface area contributed by atoms with E-state index in [4.69, 9.17) is 0 Å². The van der Waals surface area contributed by atoms with Crippen molar-refractivity contribution in [3.05, 3.63) is 11.6 Å². The summed E-state index contributed by atoms with van der Waals surface area (Å²) in [4.78, 5) is 0. The molecule has 0 aromatic heterocycles. The zero-order chi connectivity index (χ0) is 10.3. The van der Waals surface area contributed by atoms with Gasteiger partial charge in [0.25, 0.3) is 0 Å². The molecule has 0 aliphatic heterocycles. The molecule has 0 aliphatic carbocycles. The summed E-state index contributed by atoms with van der Waals surface area (Å²) in [5, 5.41) is 0. The fourth-order valence-electron chi connectivity index (χ4n) is 1.78. The Kier molecular flexibility index (Phi) is 7.03. The van der Waals surface area contributed by atoms with Gasteiger partial charge in [-0.15, -0.1) is 0 Å². The molecule has 0 aliphatic rings. The highest BCUT2D eigenvalue weighted by Crippen LogP contribution is 2.23. The fraction of sp³-hybridized carbons (Fsp3) is 0.846. The normalized spacial score (nSPS) is 15.2. The molecule has 2 atom stereocenters. The maximum Gasteiger partial charge on any atom is -0.0208 e. The van der Waals surface area contributed by atoms with Crippen LogP contribution >= 0.6 is 0 Å². The fourth-order valence-corrected chi connectivity index (χ4v) is 1.78. The summed E-state index contributed by atoms with van der Waals surface area (Å²) in [6.07, 6.45) is 7.56.